The summed E-state index contributed by atoms with van der Waals surface area (Å²) < 4.78 is 14.8. The zero-order valence-corrected chi connectivity index (χ0v) is 17.1. The fourth-order valence-electron chi connectivity index (χ4n) is 2.96. The van der Waals surface area contributed by atoms with E-state index in [0.717, 1.165) is 17.7 Å². The third kappa shape index (κ3) is 5.60. The maximum atomic E-state index is 12.4. The molecule has 3 rings (SSSR count). The molecule has 0 aliphatic heterocycles. The van der Waals surface area contributed by atoms with E-state index in [1.807, 2.05) is 62.2 Å². The lowest BCUT2D eigenvalue weighted by molar-refractivity contribution is -0.115. The summed E-state index contributed by atoms with van der Waals surface area (Å²) in [5, 5.41) is 11.5. The molecule has 1 N–H and O–H groups in total. The van der Waals surface area contributed by atoms with Gasteiger partial charge < -0.3 is 14.8 Å². The Kier molecular flexibility index (Phi) is 6.89. The minimum Gasteiger partial charge on any atom is -0.490 e. The number of nitrogens with one attached hydrogen (secondary N) is 1. The van der Waals surface area contributed by atoms with E-state index in [0.29, 0.717) is 36.9 Å². The maximum absolute atomic E-state index is 12.4. The van der Waals surface area contributed by atoms with E-state index in [9.17, 15) is 4.79 Å². The highest BCUT2D eigenvalue weighted by molar-refractivity contribution is 5.92. The SMILES string of the molecule is CCOc1ccc(CC(=O)Nc2cnn(Cc3cnn(CC)c3)c2)cc1OCC. The Morgan fingerprint density at radius 2 is 1.72 bits per heavy atom. The van der Waals surface area contributed by atoms with E-state index in [-0.39, 0.29) is 12.3 Å². The Labute approximate surface area is 170 Å². The van der Waals surface area contributed by atoms with Gasteiger partial charge >= 0.3 is 0 Å². The minimum atomic E-state index is -0.116. The molecule has 0 spiro atoms. The van der Waals surface area contributed by atoms with E-state index in [1.54, 1.807) is 10.9 Å². The van der Waals surface area contributed by atoms with Crippen LogP contribution in [0.5, 0.6) is 11.5 Å². The highest BCUT2D eigenvalue weighted by Gasteiger charge is 2.11. The number of amides is 1. The first kappa shape index (κ1) is 20.4. The number of carbonyl (C=O) groups excluding carboxylic acids is 1. The molecule has 0 atom stereocenters. The molecule has 8 heteroatoms. The van der Waals surface area contributed by atoms with Crippen LogP contribution >= 0.6 is 0 Å². The van der Waals surface area contributed by atoms with Crippen LogP contribution in [0.25, 0.3) is 0 Å². The van der Waals surface area contributed by atoms with Crippen LogP contribution in [0.3, 0.4) is 0 Å². The summed E-state index contributed by atoms with van der Waals surface area (Å²) in [4.78, 5) is 12.4. The zero-order valence-electron chi connectivity index (χ0n) is 17.1. The number of aryl methyl sites for hydroxylation is 1. The average molecular weight is 397 g/mol. The lowest BCUT2D eigenvalue weighted by Crippen LogP contribution is -2.14. The van der Waals surface area contributed by atoms with Gasteiger partial charge in [0.1, 0.15) is 0 Å². The van der Waals surface area contributed by atoms with E-state index in [2.05, 4.69) is 15.5 Å². The van der Waals surface area contributed by atoms with Crippen molar-refractivity contribution in [2.75, 3.05) is 18.5 Å². The standard InChI is InChI=1S/C21H27N5O3/c1-4-25-13-17(11-22-25)14-26-15-18(12-23-26)24-21(27)10-16-7-8-19(28-5-2)20(9-16)29-6-3/h7-9,11-13,15H,4-6,10,14H2,1-3H3,(H,24,27). The van der Waals surface area contributed by atoms with Crippen molar-refractivity contribution in [3.05, 3.63) is 54.1 Å². The number of hydrogen-bond acceptors (Lipinski definition) is 5. The molecule has 0 fully saturated rings. The largest absolute Gasteiger partial charge is 0.490 e. The van der Waals surface area contributed by atoms with Gasteiger partial charge in [-0.15, -0.1) is 0 Å². The number of anilines is 1. The lowest BCUT2D eigenvalue weighted by Gasteiger charge is -2.12. The van der Waals surface area contributed by atoms with E-state index in [4.69, 9.17) is 9.47 Å². The highest BCUT2D eigenvalue weighted by atomic mass is 16.5. The summed E-state index contributed by atoms with van der Waals surface area (Å²) in [5.74, 6) is 1.22. The predicted molar refractivity (Wildman–Crippen MR) is 110 cm³/mol. The number of nitrogens with zero attached hydrogens (tertiary/aromatic N) is 4. The number of hydrogen-bond donors (Lipinski definition) is 1. The van der Waals surface area contributed by atoms with Crippen molar-refractivity contribution < 1.29 is 14.3 Å². The Bertz CT molecular complexity index is 947. The van der Waals surface area contributed by atoms with Crippen LogP contribution in [0.15, 0.2) is 43.0 Å². The summed E-state index contributed by atoms with van der Waals surface area (Å²) in [6.45, 7) is 8.41. The van der Waals surface area contributed by atoms with Crippen molar-refractivity contribution in [2.45, 2.75) is 40.3 Å². The first-order valence-electron chi connectivity index (χ1n) is 9.83. The van der Waals surface area contributed by atoms with Gasteiger partial charge in [0, 0.05) is 24.5 Å². The van der Waals surface area contributed by atoms with Crippen LogP contribution in [-0.4, -0.2) is 38.7 Å². The molecule has 3 aromatic rings. The summed E-state index contributed by atoms with van der Waals surface area (Å²) in [7, 11) is 0. The Morgan fingerprint density at radius 1 is 0.966 bits per heavy atom. The summed E-state index contributed by atoms with van der Waals surface area (Å²) in [5.41, 5.74) is 2.58. The molecule has 0 aliphatic carbocycles. The predicted octanol–water partition coefficient (Wildman–Crippen LogP) is 3.13. The van der Waals surface area contributed by atoms with Crippen molar-refractivity contribution >= 4 is 11.6 Å². The highest BCUT2D eigenvalue weighted by Crippen LogP contribution is 2.28. The summed E-state index contributed by atoms with van der Waals surface area (Å²) >= 11 is 0. The van der Waals surface area contributed by atoms with Crippen molar-refractivity contribution in [3.8, 4) is 11.5 Å². The normalized spacial score (nSPS) is 10.7. The maximum Gasteiger partial charge on any atom is 0.228 e. The summed E-state index contributed by atoms with van der Waals surface area (Å²) in [6, 6.07) is 5.57. The second-order valence-electron chi connectivity index (χ2n) is 6.50. The molecule has 2 aromatic heterocycles. The van der Waals surface area contributed by atoms with Crippen molar-refractivity contribution in [2.24, 2.45) is 0 Å². The van der Waals surface area contributed by atoms with Gasteiger partial charge in [-0.3, -0.25) is 14.2 Å². The molecule has 0 unspecified atom stereocenters. The van der Waals surface area contributed by atoms with Crippen LogP contribution in [-0.2, 0) is 24.3 Å². The zero-order chi connectivity index (χ0) is 20.6. The second-order valence-corrected chi connectivity index (χ2v) is 6.50. The Hall–Kier alpha value is -3.29. The molecular weight excluding hydrogens is 370 g/mol. The van der Waals surface area contributed by atoms with Gasteiger partial charge in [0.2, 0.25) is 5.91 Å². The fourth-order valence-corrected chi connectivity index (χ4v) is 2.96. The van der Waals surface area contributed by atoms with Crippen LogP contribution in [0, 0.1) is 0 Å². The van der Waals surface area contributed by atoms with E-state index in [1.165, 1.54) is 0 Å². The number of ether oxygens (including phenoxy) is 2. The number of carbonyl (C=O) groups is 1. The van der Waals surface area contributed by atoms with Gasteiger partial charge in [0.25, 0.3) is 0 Å². The number of rotatable bonds is 10. The molecule has 0 saturated heterocycles. The van der Waals surface area contributed by atoms with Crippen molar-refractivity contribution in [3.63, 3.8) is 0 Å². The van der Waals surface area contributed by atoms with Gasteiger partial charge in [-0.05, 0) is 38.5 Å². The molecule has 0 radical (unpaired) electrons. The number of benzene rings is 1. The molecule has 29 heavy (non-hydrogen) atoms. The Balaban J connectivity index is 1.59. The molecule has 0 bridgehead atoms. The average Bonchev–Trinajstić information content (AvgIpc) is 3.33. The van der Waals surface area contributed by atoms with Gasteiger partial charge in [0.05, 0.1) is 44.3 Å². The molecule has 1 amide bonds. The molecular formula is C21H27N5O3. The molecule has 2 heterocycles. The molecule has 0 aliphatic rings. The second kappa shape index (κ2) is 9.77. The van der Waals surface area contributed by atoms with Crippen molar-refractivity contribution in [1.29, 1.82) is 0 Å². The van der Waals surface area contributed by atoms with Gasteiger partial charge in [-0.1, -0.05) is 6.07 Å². The van der Waals surface area contributed by atoms with Crippen LogP contribution in [0.4, 0.5) is 5.69 Å². The molecule has 154 valence electrons. The quantitative estimate of drug-likeness (QED) is 0.568. The van der Waals surface area contributed by atoms with E-state index < -0.39 is 0 Å². The molecule has 8 nitrogen and oxygen atoms in total. The minimum absolute atomic E-state index is 0.116. The van der Waals surface area contributed by atoms with Gasteiger partial charge in [-0.2, -0.15) is 10.2 Å². The summed E-state index contributed by atoms with van der Waals surface area (Å²) in [6.07, 6.45) is 7.50. The van der Waals surface area contributed by atoms with Crippen molar-refractivity contribution in [1.82, 2.24) is 19.6 Å². The first-order valence-corrected chi connectivity index (χ1v) is 9.83. The lowest BCUT2D eigenvalue weighted by atomic mass is 10.1. The Morgan fingerprint density at radius 3 is 2.45 bits per heavy atom. The van der Waals surface area contributed by atoms with Crippen LogP contribution in [0.2, 0.25) is 0 Å². The molecule has 0 saturated carbocycles. The number of aromatic nitrogens is 4. The van der Waals surface area contributed by atoms with Gasteiger partial charge in [0.15, 0.2) is 11.5 Å². The third-order valence-electron chi connectivity index (χ3n) is 4.24. The van der Waals surface area contributed by atoms with E-state index >= 15 is 0 Å². The van der Waals surface area contributed by atoms with Crippen LogP contribution < -0.4 is 14.8 Å². The monoisotopic (exact) mass is 397 g/mol. The van der Waals surface area contributed by atoms with Crippen LogP contribution in [0.1, 0.15) is 31.9 Å². The smallest absolute Gasteiger partial charge is 0.228 e. The molecule has 1 aromatic carbocycles. The fraction of sp³-hybridized carbons (Fsp3) is 0.381. The first-order chi connectivity index (χ1) is 14.1. The third-order valence-corrected chi connectivity index (χ3v) is 4.24. The van der Waals surface area contributed by atoms with Gasteiger partial charge in [-0.25, -0.2) is 0 Å². The topological polar surface area (TPSA) is 83.2 Å².